The van der Waals surface area contributed by atoms with E-state index >= 15 is 0 Å². The minimum absolute atomic E-state index is 0.0669. The Hall–Kier alpha value is -1.06. The molecule has 1 saturated carbocycles. The van der Waals surface area contributed by atoms with Gasteiger partial charge in [-0.25, -0.2) is 0 Å². The van der Waals surface area contributed by atoms with Crippen LogP contribution in [-0.2, 0) is 14.3 Å². The molecule has 1 heterocycles. The Bertz CT molecular complexity index is 294. The van der Waals surface area contributed by atoms with Crippen molar-refractivity contribution in [2.24, 2.45) is 17.6 Å². The lowest BCUT2D eigenvalue weighted by Crippen LogP contribution is -2.39. The van der Waals surface area contributed by atoms with Crippen LogP contribution in [0.2, 0.25) is 0 Å². The minimum Gasteiger partial charge on any atom is -0.458 e. The van der Waals surface area contributed by atoms with Gasteiger partial charge >= 0.3 is 5.97 Å². The summed E-state index contributed by atoms with van der Waals surface area (Å²) in [6.07, 6.45) is 5.09. The number of rotatable bonds is 1. The van der Waals surface area contributed by atoms with E-state index in [0.717, 1.165) is 25.7 Å². The molecule has 1 saturated heterocycles. The monoisotopic (exact) mass is 211 g/mol. The molecule has 0 aromatic rings. The first-order valence-electron chi connectivity index (χ1n) is 5.59. The van der Waals surface area contributed by atoms with Gasteiger partial charge in [0.05, 0.1) is 0 Å². The first-order valence-corrected chi connectivity index (χ1v) is 5.59. The largest absolute Gasteiger partial charge is 0.458 e. The van der Waals surface area contributed by atoms with E-state index in [-0.39, 0.29) is 5.92 Å². The van der Waals surface area contributed by atoms with Crippen molar-refractivity contribution in [2.75, 3.05) is 0 Å². The highest BCUT2D eigenvalue weighted by molar-refractivity contribution is 5.99. The third kappa shape index (κ3) is 1.52. The highest BCUT2D eigenvalue weighted by Gasteiger charge is 2.55. The molecule has 1 spiro atoms. The van der Waals surface area contributed by atoms with E-state index in [1.807, 2.05) is 6.92 Å². The van der Waals surface area contributed by atoms with E-state index < -0.39 is 23.4 Å². The highest BCUT2D eigenvalue weighted by Crippen LogP contribution is 2.46. The zero-order valence-corrected chi connectivity index (χ0v) is 8.99. The van der Waals surface area contributed by atoms with Crippen molar-refractivity contribution >= 4 is 11.9 Å². The minimum atomic E-state index is -0.733. The van der Waals surface area contributed by atoms with E-state index in [1.165, 1.54) is 6.42 Å². The van der Waals surface area contributed by atoms with E-state index in [1.54, 1.807) is 0 Å². The maximum absolute atomic E-state index is 11.6. The summed E-state index contributed by atoms with van der Waals surface area (Å²) in [6, 6.07) is 0. The highest BCUT2D eigenvalue weighted by atomic mass is 16.6. The van der Waals surface area contributed by atoms with Crippen molar-refractivity contribution in [3.63, 3.8) is 0 Å². The summed E-state index contributed by atoms with van der Waals surface area (Å²) in [4.78, 5) is 22.7. The molecule has 0 aromatic heterocycles. The SMILES string of the molecule is C[C@@H]1[C@H](C(N)=O)C(=O)OC12CCCCC2. The zero-order chi connectivity index (χ0) is 11.1. The number of hydrogen-bond acceptors (Lipinski definition) is 3. The van der Waals surface area contributed by atoms with Gasteiger partial charge in [0.25, 0.3) is 0 Å². The molecule has 2 atom stereocenters. The van der Waals surface area contributed by atoms with Crippen molar-refractivity contribution in [1.29, 1.82) is 0 Å². The summed E-state index contributed by atoms with van der Waals surface area (Å²) in [5.74, 6) is -1.77. The van der Waals surface area contributed by atoms with Crippen LogP contribution in [0, 0.1) is 11.8 Å². The number of hydrogen-bond donors (Lipinski definition) is 1. The summed E-state index contributed by atoms with van der Waals surface area (Å²) in [7, 11) is 0. The second-order valence-electron chi connectivity index (χ2n) is 4.72. The van der Waals surface area contributed by atoms with Gasteiger partial charge in [0.2, 0.25) is 5.91 Å². The molecule has 0 unspecified atom stereocenters. The lowest BCUT2D eigenvalue weighted by atomic mass is 9.73. The molecule has 2 N–H and O–H groups in total. The smallest absolute Gasteiger partial charge is 0.319 e. The normalized spacial score (nSPS) is 34.1. The van der Waals surface area contributed by atoms with E-state index in [9.17, 15) is 9.59 Å². The molecule has 4 nitrogen and oxygen atoms in total. The van der Waals surface area contributed by atoms with Crippen LogP contribution in [0.15, 0.2) is 0 Å². The van der Waals surface area contributed by atoms with E-state index in [4.69, 9.17) is 10.5 Å². The number of esters is 1. The summed E-state index contributed by atoms with van der Waals surface area (Å²) in [6.45, 7) is 1.91. The lowest BCUT2D eigenvalue weighted by Gasteiger charge is -2.35. The predicted molar refractivity (Wildman–Crippen MR) is 53.8 cm³/mol. The van der Waals surface area contributed by atoms with Crippen molar-refractivity contribution < 1.29 is 14.3 Å². The fourth-order valence-electron chi connectivity index (χ4n) is 2.93. The Morgan fingerprint density at radius 1 is 1.40 bits per heavy atom. The Balaban J connectivity index is 2.23. The van der Waals surface area contributed by atoms with Crippen molar-refractivity contribution in [3.8, 4) is 0 Å². The third-order valence-corrected chi connectivity index (χ3v) is 3.89. The molecule has 84 valence electrons. The molecule has 1 aliphatic carbocycles. The van der Waals surface area contributed by atoms with Crippen LogP contribution in [0.1, 0.15) is 39.0 Å². The molecule has 0 radical (unpaired) electrons. The number of carbonyl (C=O) groups is 2. The molecule has 4 heteroatoms. The number of carbonyl (C=O) groups excluding carboxylic acids is 2. The molecule has 15 heavy (non-hydrogen) atoms. The standard InChI is InChI=1S/C11H17NO3/c1-7-8(9(12)13)10(14)15-11(7)5-3-2-4-6-11/h7-8H,2-6H2,1H3,(H2,12,13)/t7-,8-/m1/s1. The Kier molecular flexibility index (Phi) is 2.44. The molecular weight excluding hydrogens is 194 g/mol. The predicted octanol–water partition coefficient (Wildman–Crippen LogP) is 0.984. The number of primary amides is 1. The van der Waals surface area contributed by atoms with Crippen molar-refractivity contribution in [1.82, 2.24) is 0 Å². The van der Waals surface area contributed by atoms with Gasteiger partial charge in [-0.3, -0.25) is 9.59 Å². The van der Waals surface area contributed by atoms with Crippen LogP contribution in [0.3, 0.4) is 0 Å². The third-order valence-electron chi connectivity index (χ3n) is 3.89. The van der Waals surface area contributed by atoms with Gasteiger partial charge in [-0.05, 0) is 25.7 Å². The van der Waals surface area contributed by atoms with Gasteiger partial charge in [0, 0.05) is 5.92 Å². The summed E-state index contributed by atoms with van der Waals surface area (Å²) in [5, 5.41) is 0. The van der Waals surface area contributed by atoms with Crippen molar-refractivity contribution in [2.45, 2.75) is 44.6 Å². The summed E-state index contributed by atoms with van der Waals surface area (Å²) < 4.78 is 5.44. The fourth-order valence-corrected chi connectivity index (χ4v) is 2.93. The molecule has 1 aliphatic heterocycles. The van der Waals surface area contributed by atoms with Gasteiger partial charge in [0.15, 0.2) is 0 Å². The molecule has 2 fully saturated rings. The van der Waals surface area contributed by atoms with Gasteiger partial charge in [-0.2, -0.15) is 0 Å². The van der Waals surface area contributed by atoms with Crippen LogP contribution in [0.4, 0.5) is 0 Å². The first-order chi connectivity index (χ1) is 7.07. The maximum atomic E-state index is 11.6. The number of ether oxygens (including phenoxy) is 1. The average molecular weight is 211 g/mol. The van der Waals surface area contributed by atoms with Crippen LogP contribution in [0.25, 0.3) is 0 Å². The second-order valence-corrected chi connectivity index (χ2v) is 4.72. The molecule has 0 bridgehead atoms. The van der Waals surface area contributed by atoms with Gasteiger partial charge in [-0.1, -0.05) is 13.3 Å². The average Bonchev–Trinajstić information content (AvgIpc) is 2.40. The van der Waals surface area contributed by atoms with Crippen LogP contribution < -0.4 is 5.73 Å². The topological polar surface area (TPSA) is 69.4 Å². The first kappa shape index (κ1) is 10.5. The Morgan fingerprint density at radius 3 is 2.47 bits per heavy atom. The quantitative estimate of drug-likeness (QED) is 0.519. The maximum Gasteiger partial charge on any atom is 0.319 e. The molecule has 1 amide bonds. The van der Waals surface area contributed by atoms with Crippen LogP contribution >= 0.6 is 0 Å². The lowest BCUT2D eigenvalue weighted by molar-refractivity contribution is -0.154. The summed E-state index contributed by atoms with van der Waals surface area (Å²) in [5.41, 5.74) is 4.83. The van der Waals surface area contributed by atoms with E-state index in [0.29, 0.717) is 0 Å². The Labute approximate surface area is 89.2 Å². The van der Waals surface area contributed by atoms with Crippen LogP contribution in [0.5, 0.6) is 0 Å². The van der Waals surface area contributed by atoms with E-state index in [2.05, 4.69) is 0 Å². The second kappa shape index (κ2) is 3.51. The molecular formula is C11H17NO3. The van der Waals surface area contributed by atoms with Crippen LogP contribution in [-0.4, -0.2) is 17.5 Å². The molecule has 2 rings (SSSR count). The fraction of sp³-hybridized carbons (Fsp3) is 0.818. The van der Waals surface area contributed by atoms with Gasteiger partial charge in [-0.15, -0.1) is 0 Å². The Morgan fingerprint density at radius 2 is 2.00 bits per heavy atom. The number of amides is 1. The van der Waals surface area contributed by atoms with Gasteiger partial charge < -0.3 is 10.5 Å². The number of nitrogens with two attached hydrogens (primary N) is 1. The zero-order valence-electron chi connectivity index (χ0n) is 8.99. The van der Waals surface area contributed by atoms with Gasteiger partial charge in [0.1, 0.15) is 11.5 Å². The molecule has 2 aliphatic rings. The molecule has 0 aromatic carbocycles. The summed E-state index contributed by atoms with van der Waals surface area (Å²) >= 11 is 0. The van der Waals surface area contributed by atoms with Crippen molar-refractivity contribution in [3.05, 3.63) is 0 Å².